The number of amides is 1. The Labute approximate surface area is 195 Å². The maximum atomic E-state index is 12.5. The number of pyridine rings is 1. The summed E-state index contributed by atoms with van der Waals surface area (Å²) in [5.41, 5.74) is 2.49. The van der Waals surface area contributed by atoms with Crippen molar-refractivity contribution in [1.82, 2.24) is 15.2 Å². The van der Waals surface area contributed by atoms with Crippen molar-refractivity contribution in [3.8, 4) is 17.1 Å². The van der Waals surface area contributed by atoms with Crippen molar-refractivity contribution in [2.75, 3.05) is 11.1 Å². The number of aromatic carboxylic acids is 1. The van der Waals surface area contributed by atoms with Crippen molar-refractivity contribution >= 4 is 45.3 Å². The van der Waals surface area contributed by atoms with Gasteiger partial charge in [0.05, 0.1) is 22.0 Å². The molecule has 3 N–H and O–H groups in total. The van der Waals surface area contributed by atoms with Crippen LogP contribution in [0.4, 0.5) is 5.69 Å². The molecule has 0 aliphatic rings. The Morgan fingerprint density at radius 1 is 1.03 bits per heavy atom. The van der Waals surface area contributed by atoms with Crippen LogP contribution in [0.2, 0.25) is 0 Å². The van der Waals surface area contributed by atoms with E-state index in [2.05, 4.69) is 36.4 Å². The predicted octanol–water partition coefficient (Wildman–Crippen LogP) is 3.94. The van der Waals surface area contributed by atoms with Gasteiger partial charge in [-0.15, -0.1) is 5.10 Å². The van der Waals surface area contributed by atoms with E-state index in [4.69, 9.17) is 5.11 Å². The van der Waals surface area contributed by atoms with Gasteiger partial charge in [-0.3, -0.25) is 9.78 Å². The number of rotatable bonds is 7. The number of aromatic amines is 1. The highest BCUT2D eigenvalue weighted by Gasteiger charge is 2.24. The number of carboxylic acids is 1. The highest BCUT2D eigenvalue weighted by atomic mass is 79.9. The summed E-state index contributed by atoms with van der Waals surface area (Å²) in [7, 11) is 0. The monoisotopic (exact) mass is 510 g/mol. The minimum Gasteiger partial charge on any atom is -0.478 e. The maximum absolute atomic E-state index is 12.5. The van der Waals surface area contributed by atoms with Crippen LogP contribution in [0, 0.1) is 0 Å². The first-order valence-corrected chi connectivity index (χ1v) is 11.2. The number of anilines is 1. The summed E-state index contributed by atoms with van der Waals surface area (Å²) in [6.45, 7) is 0. The lowest BCUT2D eigenvalue weighted by atomic mass is 10.2. The molecule has 0 aliphatic heterocycles. The van der Waals surface area contributed by atoms with Crippen LogP contribution >= 0.6 is 27.7 Å². The summed E-state index contributed by atoms with van der Waals surface area (Å²) in [5.74, 6) is -0.354. The molecule has 0 atom stereocenters. The van der Waals surface area contributed by atoms with Crippen molar-refractivity contribution in [2.45, 2.75) is 5.16 Å². The van der Waals surface area contributed by atoms with E-state index in [0.29, 0.717) is 10.8 Å². The van der Waals surface area contributed by atoms with Gasteiger partial charge in [-0.2, -0.15) is 4.57 Å². The Morgan fingerprint density at radius 3 is 2.38 bits per heavy atom. The molecular weight excluding hydrogens is 494 g/mol. The number of carbonyl (C=O) groups excluding carboxylic acids is 1. The van der Waals surface area contributed by atoms with Crippen LogP contribution in [0.5, 0.6) is 0 Å². The van der Waals surface area contributed by atoms with E-state index in [0.717, 1.165) is 21.5 Å². The molecule has 1 amide bonds. The number of benzene rings is 2. The molecule has 8 nitrogen and oxygen atoms in total. The molecule has 2 heterocycles. The van der Waals surface area contributed by atoms with Crippen LogP contribution in [0.15, 0.2) is 82.7 Å². The third-order valence-electron chi connectivity index (χ3n) is 4.46. The molecular formula is C22H17BrN5O3S+. The Hall–Kier alpha value is -3.50. The lowest BCUT2D eigenvalue weighted by Crippen LogP contribution is -2.34. The molecule has 0 saturated heterocycles. The van der Waals surface area contributed by atoms with Crippen molar-refractivity contribution < 1.29 is 19.3 Å². The molecule has 32 heavy (non-hydrogen) atoms. The zero-order valence-electron chi connectivity index (χ0n) is 16.5. The van der Waals surface area contributed by atoms with Gasteiger partial charge < -0.3 is 10.4 Å². The van der Waals surface area contributed by atoms with E-state index in [1.807, 2.05) is 41.0 Å². The number of thioether (sulfide) groups is 1. The number of nitrogens with one attached hydrogen (secondary N) is 2. The van der Waals surface area contributed by atoms with E-state index in [1.165, 1.54) is 23.9 Å². The van der Waals surface area contributed by atoms with Crippen LogP contribution in [0.3, 0.4) is 0 Å². The van der Waals surface area contributed by atoms with Crippen molar-refractivity contribution in [1.29, 1.82) is 0 Å². The average Bonchev–Trinajstić information content (AvgIpc) is 3.23. The molecule has 0 bridgehead atoms. The van der Waals surface area contributed by atoms with Gasteiger partial charge in [-0.05, 0) is 72.4 Å². The first-order chi connectivity index (χ1) is 15.5. The Balaban J connectivity index is 1.54. The van der Waals surface area contributed by atoms with Gasteiger partial charge in [0.15, 0.2) is 0 Å². The summed E-state index contributed by atoms with van der Waals surface area (Å²) in [4.78, 5) is 27.5. The number of aromatic nitrogens is 4. The second-order valence-corrected chi connectivity index (χ2v) is 8.48. The van der Waals surface area contributed by atoms with Gasteiger partial charge in [0, 0.05) is 22.6 Å². The van der Waals surface area contributed by atoms with Gasteiger partial charge in [0.1, 0.15) is 5.69 Å². The van der Waals surface area contributed by atoms with E-state index in [-0.39, 0.29) is 17.2 Å². The van der Waals surface area contributed by atoms with Crippen molar-refractivity contribution in [2.24, 2.45) is 0 Å². The number of carboxylic acid groups (broad SMARTS) is 1. The molecule has 0 radical (unpaired) electrons. The van der Waals surface area contributed by atoms with Gasteiger partial charge in [0.2, 0.25) is 5.91 Å². The first kappa shape index (κ1) is 21.7. The molecule has 0 spiro atoms. The van der Waals surface area contributed by atoms with E-state index < -0.39 is 5.97 Å². The zero-order chi connectivity index (χ0) is 22.5. The predicted molar refractivity (Wildman–Crippen MR) is 124 cm³/mol. The van der Waals surface area contributed by atoms with Crippen molar-refractivity contribution in [3.05, 3.63) is 83.1 Å². The number of H-pyrrole nitrogens is 1. The van der Waals surface area contributed by atoms with Crippen LogP contribution in [-0.4, -0.2) is 37.9 Å². The Bertz CT molecular complexity index is 1250. The molecule has 0 aliphatic carbocycles. The van der Waals surface area contributed by atoms with Crippen LogP contribution in [0.1, 0.15) is 10.4 Å². The van der Waals surface area contributed by atoms with Crippen LogP contribution in [0.25, 0.3) is 17.1 Å². The van der Waals surface area contributed by atoms with Crippen molar-refractivity contribution in [3.63, 3.8) is 0 Å². The highest BCUT2D eigenvalue weighted by Crippen LogP contribution is 2.21. The smallest absolute Gasteiger partial charge is 0.342 e. The normalized spacial score (nSPS) is 10.7. The molecule has 160 valence electrons. The van der Waals surface area contributed by atoms with E-state index in [9.17, 15) is 9.59 Å². The molecule has 4 aromatic rings. The first-order valence-electron chi connectivity index (χ1n) is 9.44. The van der Waals surface area contributed by atoms with Crippen LogP contribution in [-0.2, 0) is 4.79 Å². The number of hydrogen-bond acceptors (Lipinski definition) is 5. The van der Waals surface area contributed by atoms with Gasteiger partial charge in [0.25, 0.3) is 5.82 Å². The third kappa shape index (κ3) is 5.04. The molecule has 0 unspecified atom stereocenters. The summed E-state index contributed by atoms with van der Waals surface area (Å²) in [5, 5.41) is 19.9. The number of nitrogens with zero attached hydrogens (tertiary/aromatic N) is 3. The summed E-state index contributed by atoms with van der Waals surface area (Å²) >= 11 is 4.74. The van der Waals surface area contributed by atoms with Gasteiger partial charge in [-0.1, -0.05) is 15.9 Å². The number of halogens is 1. The lowest BCUT2D eigenvalue weighted by Gasteiger charge is -2.06. The standard InChI is InChI=1S/C22H16BrN5O3S/c23-16-3-7-18(8-4-16)28-20(14-9-11-24-12-10-14)26-27-22(28)32-13-19(29)25-17-5-1-15(2-6-17)21(30)31/h1-12H,13H2,(H2,25,29,30,31)/p+1. The average molecular weight is 511 g/mol. The zero-order valence-corrected chi connectivity index (χ0v) is 18.9. The molecule has 0 saturated carbocycles. The quantitative estimate of drug-likeness (QED) is 0.256. The van der Waals surface area contributed by atoms with Gasteiger partial charge >= 0.3 is 11.1 Å². The maximum Gasteiger partial charge on any atom is 0.342 e. The fraction of sp³-hybridized carbons (Fsp3) is 0.0455. The van der Waals surface area contributed by atoms with E-state index >= 15 is 0 Å². The Morgan fingerprint density at radius 2 is 1.72 bits per heavy atom. The minimum atomic E-state index is -1.01. The summed E-state index contributed by atoms with van der Waals surface area (Å²) < 4.78 is 2.90. The topological polar surface area (TPSA) is 112 Å². The van der Waals surface area contributed by atoms with E-state index in [1.54, 1.807) is 24.5 Å². The summed E-state index contributed by atoms with van der Waals surface area (Å²) in [6, 6.07) is 17.6. The molecule has 2 aromatic carbocycles. The minimum absolute atomic E-state index is 0.123. The summed E-state index contributed by atoms with van der Waals surface area (Å²) in [6.07, 6.45) is 3.41. The second-order valence-electron chi connectivity index (χ2n) is 6.62. The SMILES string of the molecule is O=C(CSc1n[nH]c(-c2ccncc2)[n+]1-c1ccc(Br)cc1)Nc1ccc(C(=O)O)cc1. The third-order valence-corrected chi connectivity index (χ3v) is 5.93. The molecule has 4 rings (SSSR count). The fourth-order valence-corrected chi connectivity index (χ4v) is 3.98. The Kier molecular flexibility index (Phi) is 6.62. The number of hydrogen-bond donors (Lipinski definition) is 3. The van der Waals surface area contributed by atoms with Gasteiger partial charge in [-0.25, -0.2) is 4.79 Å². The number of carbonyl (C=O) groups is 2. The largest absolute Gasteiger partial charge is 0.478 e. The molecule has 10 heteroatoms. The molecule has 2 aromatic heterocycles. The lowest BCUT2D eigenvalue weighted by molar-refractivity contribution is -0.625. The fourth-order valence-electron chi connectivity index (χ4n) is 2.95. The van der Waals surface area contributed by atoms with Crippen LogP contribution < -0.4 is 9.88 Å². The molecule has 0 fully saturated rings. The second kappa shape index (κ2) is 9.75. The highest BCUT2D eigenvalue weighted by molar-refractivity contribution is 9.10.